The fraction of sp³-hybridized carbons (Fsp3) is 0. The highest BCUT2D eigenvalue weighted by atomic mass is 32.2. The molecule has 7 nitrogen and oxygen atoms in total. The number of para-hydroxylation sites is 1. The molecular weight excluding hydrogens is 362 g/mol. The van der Waals surface area contributed by atoms with Gasteiger partial charge in [0, 0.05) is 16.5 Å². The Labute approximate surface area is 158 Å². The van der Waals surface area contributed by atoms with Gasteiger partial charge in [-0.05, 0) is 24.3 Å². The molecule has 2 heterocycles. The maximum absolute atomic E-state index is 11.7. The maximum atomic E-state index is 11.7. The van der Waals surface area contributed by atoms with Crippen LogP contribution in [-0.4, -0.2) is 19.9 Å². The number of fused-ring (bicyclic) bond motifs is 1. The van der Waals surface area contributed by atoms with Crippen molar-refractivity contribution in [1.82, 2.24) is 15.0 Å². The largest absolute Gasteiger partial charge is 0.343 e. The lowest BCUT2D eigenvalue weighted by atomic mass is 10.2. The number of rotatable bonds is 5. The highest BCUT2D eigenvalue weighted by Gasteiger charge is 2.24. The Bertz CT molecular complexity index is 1120. The smallest absolute Gasteiger partial charge is 0.333 e. The second-order valence-corrected chi connectivity index (χ2v) is 6.62. The Morgan fingerprint density at radius 3 is 2.56 bits per heavy atom. The van der Waals surface area contributed by atoms with Crippen molar-refractivity contribution in [3.63, 3.8) is 0 Å². The molecule has 0 spiro atoms. The summed E-state index contributed by atoms with van der Waals surface area (Å²) in [5.41, 5.74) is 1.19. The lowest BCUT2D eigenvalue weighted by molar-refractivity contribution is -0.387. The average molecular weight is 375 g/mol. The zero-order valence-corrected chi connectivity index (χ0v) is 14.8. The summed E-state index contributed by atoms with van der Waals surface area (Å²) in [7, 11) is 0. The number of nitro groups is 1. The molecule has 0 radical (unpaired) electrons. The minimum absolute atomic E-state index is 0.131. The van der Waals surface area contributed by atoms with E-state index in [0.717, 1.165) is 10.3 Å². The van der Waals surface area contributed by atoms with Crippen molar-refractivity contribution in [2.75, 3.05) is 5.32 Å². The van der Waals surface area contributed by atoms with Gasteiger partial charge in [-0.15, -0.1) is 0 Å². The molecule has 0 aliphatic rings. The van der Waals surface area contributed by atoms with E-state index in [1.165, 1.54) is 18.1 Å². The average Bonchev–Trinajstić information content (AvgIpc) is 2.69. The van der Waals surface area contributed by atoms with Crippen LogP contribution in [0.15, 0.2) is 83.1 Å². The van der Waals surface area contributed by atoms with Gasteiger partial charge in [0.1, 0.15) is 6.33 Å². The SMILES string of the molecule is O=[N+]([O-])c1c(Nc2cccc3cccnc23)ncnc1Sc1ccccc1. The van der Waals surface area contributed by atoms with Gasteiger partial charge in [0.05, 0.1) is 16.1 Å². The van der Waals surface area contributed by atoms with Crippen LogP contribution in [0, 0.1) is 10.1 Å². The maximum Gasteiger partial charge on any atom is 0.343 e. The van der Waals surface area contributed by atoms with Gasteiger partial charge in [-0.25, -0.2) is 9.97 Å². The highest BCUT2D eigenvalue weighted by Crippen LogP contribution is 2.38. The zero-order valence-electron chi connectivity index (χ0n) is 13.9. The van der Waals surface area contributed by atoms with Crippen LogP contribution in [-0.2, 0) is 0 Å². The molecule has 8 heteroatoms. The number of hydrogen-bond acceptors (Lipinski definition) is 7. The molecule has 4 rings (SSSR count). The lowest BCUT2D eigenvalue weighted by Gasteiger charge is -2.10. The first kappa shape index (κ1) is 16.9. The van der Waals surface area contributed by atoms with Crippen LogP contribution >= 0.6 is 11.8 Å². The molecular formula is C19H13N5O2S. The number of nitrogens with zero attached hydrogens (tertiary/aromatic N) is 4. The first-order chi connectivity index (χ1) is 13.2. The molecule has 0 saturated heterocycles. The van der Waals surface area contributed by atoms with Crippen molar-refractivity contribution < 1.29 is 4.92 Å². The molecule has 0 unspecified atom stereocenters. The van der Waals surface area contributed by atoms with Crippen molar-refractivity contribution in [3.05, 3.63) is 83.3 Å². The van der Waals surface area contributed by atoms with E-state index in [0.29, 0.717) is 11.2 Å². The van der Waals surface area contributed by atoms with Crippen molar-refractivity contribution in [1.29, 1.82) is 0 Å². The topological polar surface area (TPSA) is 93.8 Å². The molecule has 4 aromatic rings. The second-order valence-electron chi connectivity index (χ2n) is 5.55. The van der Waals surface area contributed by atoms with Crippen molar-refractivity contribution >= 4 is 39.9 Å². The number of nitrogens with one attached hydrogen (secondary N) is 1. The highest BCUT2D eigenvalue weighted by molar-refractivity contribution is 7.99. The molecule has 0 aliphatic carbocycles. The summed E-state index contributed by atoms with van der Waals surface area (Å²) in [5.74, 6) is 0.131. The van der Waals surface area contributed by atoms with Gasteiger partial charge in [0.25, 0.3) is 0 Å². The van der Waals surface area contributed by atoms with Crippen molar-refractivity contribution in [3.8, 4) is 0 Å². The first-order valence-corrected chi connectivity index (χ1v) is 8.87. The molecule has 27 heavy (non-hydrogen) atoms. The molecule has 1 N–H and O–H groups in total. The van der Waals surface area contributed by atoms with Crippen LogP contribution in [0.2, 0.25) is 0 Å². The number of hydrogen-bond donors (Lipinski definition) is 1. The molecule has 2 aromatic heterocycles. The summed E-state index contributed by atoms with van der Waals surface area (Å²) in [6.45, 7) is 0. The van der Waals surface area contributed by atoms with Crippen LogP contribution in [0.4, 0.5) is 17.2 Å². The quantitative estimate of drug-likeness (QED) is 0.303. The van der Waals surface area contributed by atoms with E-state index in [9.17, 15) is 10.1 Å². The first-order valence-electron chi connectivity index (χ1n) is 8.05. The Morgan fingerprint density at radius 2 is 1.74 bits per heavy atom. The predicted octanol–water partition coefficient (Wildman–Crippen LogP) is 4.83. The fourth-order valence-corrected chi connectivity index (χ4v) is 3.51. The van der Waals surface area contributed by atoms with Gasteiger partial charge in [-0.3, -0.25) is 15.1 Å². The van der Waals surface area contributed by atoms with Crippen LogP contribution in [0.1, 0.15) is 0 Å². The third-order valence-electron chi connectivity index (χ3n) is 3.81. The van der Waals surface area contributed by atoms with E-state index in [4.69, 9.17) is 0 Å². The molecule has 0 amide bonds. The van der Waals surface area contributed by atoms with E-state index in [2.05, 4.69) is 20.3 Å². The van der Waals surface area contributed by atoms with E-state index < -0.39 is 4.92 Å². The summed E-state index contributed by atoms with van der Waals surface area (Å²) < 4.78 is 0. The van der Waals surface area contributed by atoms with Crippen molar-refractivity contribution in [2.24, 2.45) is 0 Å². The van der Waals surface area contributed by atoms with Gasteiger partial charge < -0.3 is 5.32 Å². The fourth-order valence-electron chi connectivity index (χ4n) is 2.63. The zero-order chi connectivity index (χ0) is 18.6. The van der Waals surface area contributed by atoms with Gasteiger partial charge in [-0.2, -0.15) is 0 Å². The molecule has 0 bridgehead atoms. The normalized spacial score (nSPS) is 10.7. The van der Waals surface area contributed by atoms with Gasteiger partial charge >= 0.3 is 5.69 Å². The van der Waals surface area contributed by atoms with Crippen molar-refractivity contribution in [2.45, 2.75) is 9.92 Å². The number of aromatic nitrogens is 3. The van der Waals surface area contributed by atoms with E-state index in [1.807, 2.05) is 60.7 Å². The summed E-state index contributed by atoms with van der Waals surface area (Å²) in [4.78, 5) is 24.7. The van der Waals surface area contributed by atoms with Gasteiger partial charge in [0.15, 0.2) is 5.03 Å². The van der Waals surface area contributed by atoms with Gasteiger partial charge in [0.2, 0.25) is 5.82 Å². The predicted molar refractivity (Wildman–Crippen MR) is 104 cm³/mol. The molecule has 0 atom stereocenters. The van der Waals surface area contributed by atoms with E-state index in [-0.39, 0.29) is 16.5 Å². The van der Waals surface area contributed by atoms with E-state index >= 15 is 0 Å². The summed E-state index contributed by atoms with van der Waals surface area (Å²) in [6.07, 6.45) is 3.00. The monoisotopic (exact) mass is 375 g/mol. The standard InChI is InChI=1S/C19H13N5O2S/c25-24(26)17-18(21-12-22-19(17)27-14-8-2-1-3-9-14)23-15-10-4-6-13-7-5-11-20-16(13)15/h1-12H,(H,21,22,23). The third kappa shape index (κ3) is 3.56. The van der Waals surface area contributed by atoms with E-state index in [1.54, 1.807) is 6.20 Å². The van der Waals surface area contributed by atoms with Crippen LogP contribution in [0.25, 0.3) is 10.9 Å². The Hall–Kier alpha value is -3.52. The third-order valence-corrected chi connectivity index (χ3v) is 4.81. The van der Waals surface area contributed by atoms with Crippen LogP contribution in [0.3, 0.4) is 0 Å². The molecule has 0 saturated carbocycles. The summed E-state index contributed by atoms with van der Waals surface area (Å²) in [6, 6.07) is 18.7. The Morgan fingerprint density at radius 1 is 0.926 bits per heavy atom. The number of benzene rings is 2. The minimum atomic E-state index is -0.466. The second kappa shape index (κ2) is 7.38. The number of anilines is 2. The lowest BCUT2D eigenvalue weighted by Crippen LogP contribution is -2.03. The van der Waals surface area contributed by atoms with Crippen LogP contribution < -0.4 is 5.32 Å². The van der Waals surface area contributed by atoms with Gasteiger partial charge in [-0.1, -0.05) is 48.2 Å². The minimum Gasteiger partial charge on any atom is -0.333 e. The molecule has 132 valence electrons. The molecule has 0 aliphatic heterocycles. The number of pyridine rings is 1. The molecule has 2 aromatic carbocycles. The summed E-state index contributed by atoms with van der Waals surface area (Å²) >= 11 is 1.22. The van der Waals surface area contributed by atoms with Crippen LogP contribution in [0.5, 0.6) is 0 Å². The Kier molecular flexibility index (Phi) is 4.63. The summed E-state index contributed by atoms with van der Waals surface area (Å²) in [5, 5.41) is 16.0. The Balaban J connectivity index is 1.76. The molecule has 0 fully saturated rings.